The fourth-order valence-corrected chi connectivity index (χ4v) is 2.98. The minimum absolute atomic E-state index is 0.182. The molecule has 0 radical (unpaired) electrons. The molecular weight excluding hydrogens is 218 g/mol. The van der Waals surface area contributed by atoms with Crippen molar-refractivity contribution in [1.82, 2.24) is 5.32 Å². The number of aliphatic hydroxyl groups excluding tert-OH is 1. The highest BCUT2D eigenvalue weighted by Crippen LogP contribution is 2.35. The molecule has 0 atom stereocenters. The van der Waals surface area contributed by atoms with Crippen molar-refractivity contribution in [2.45, 2.75) is 32.1 Å². The summed E-state index contributed by atoms with van der Waals surface area (Å²) in [6.07, 6.45) is 8.24. The summed E-state index contributed by atoms with van der Waals surface area (Å²) < 4.78 is 0. The first-order valence-electron chi connectivity index (χ1n) is 6.33. The number of aliphatic hydroxyl groups is 1. The Morgan fingerprint density at radius 3 is 2.69 bits per heavy atom. The maximum atomic E-state index is 9.52. The molecule has 94 valence electrons. The van der Waals surface area contributed by atoms with E-state index in [1.54, 1.807) is 0 Å². The molecule has 1 fully saturated rings. The Labute approximate surface area is 104 Å². The SMILES string of the molecule is C=CCSCCNCC1(CO)CCCCC1. The summed E-state index contributed by atoms with van der Waals surface area (Å²) in [6.45, 7) is 6.08. The van der Waals surface area contributed by atoms with E-state index in [2.05, 4.69) is 11.9 Å². The van der Waals surface area contributed by atoms with Crippen molar-refractivity contribution in [3.05, 3.63) is 12.7 Å². The van der Waals surface area contributed by atoms with Gasteiger partial charge in [-0.05, 0) is 12.8 Å². The second kappa shape index (κ2) is 8.15. The molecule has 1 saturated carbocycles. The minimum Gasteiger partial charge on any atom is -0.396 e. The second-order valence-electron chi connectivity index (χ2n) is 4.76. The van der Waals surface area contributed by atoms with Crippen LogP contribution in [0.2, 0.25) is 0 Å². The number of hydrogen-bond acceptors (Lipinski definition) is 3. The van der Waals surface area contributed by atoms with Crippen LogP contribution in [0.3, 0.4) is 0 Å². The number of thioether (sulfide) groups is 1. The molecular formula is C13H25NOS. The van der Waals surface area contributed by atoms with Crippen molar-refractivity contribution >= 4 is 11.8 Å². The molecule has 0 unspecified atom stereocenters. The molecule has 2 N–H and O–H groups in total. The van der Waals surface area contributed by atoms with Crippen LogP contribution in [0.15, 0.2) is 12.7 Å². The summed E-state index contributed by atoms with van der Waals surface area (Å²) in [5, 5.41) is 13.0. The van der Waals surface area contributed by atoms with Gasteiger partial charge < -0.3 is 10.4 Å². The minimum atomic E-state index is 0.182. The fraction of sp³-hybridized carbons (Fsp3) is 0.846. The lowest BCUT2D eigenvalue weighted by molar-refractivity contribution is 0.0820. The number of hydrogen-bond donors (Lipinski definition) is 2. The molecule has 2 nitrogen and oxygen atoms in total. The highest BCUT2D eigenvalue weighted by atomic mass is 32.2. The lowest BCUT2D eigenvalue weighted by atomic mass is 9.74. The van der Waals surface area contributed by atoms with Crippen LogP contribution in [0.25, 0.3) is 0 Å². The van der Waals surface area contributed by atoms with Gasteiger partial charge in [-0.1, -0.05) is 25.3 Å². The topological polar surface area (TPSA) is 32.3 Å². The smallest absolute Gasteiger partial charge is 0.0499 e. The molecule has 1 aliphatic carbocycles. The number of nitrogens with one attached hydrogen (secondary N) is 1. The Morgan fingerprint density at radius 2 is 2.06 bits per heavy atom. The van der Waals surface area contributed by atoms with E-state index in [1.807, 2.05) is 17.8 Å². The van der Waals surface area contributed by atoms with Gasteiger partial charge in [0.2, 0.25) is 0 Å². The Kier molecular flexibility index (Phi) is 7.17. The zero-order valence-electron chi connectivity index (χ0n) is 10.2. The van der Waals surface area contributed by atoms with Gasteiger partial charge in [-0.2, -0.15) is 11.8 Å². The van der Waals surface area contributed by atoms with Gasteiger partial charge in [0.1, 0.15) is 0 Å². The largest absolute Gasteiger partial charge is 0.396 e. The van der Waals surface area contributed by atoms with Gasteiger partial charge in [0.15, 0.2) is 0 Å². The van der Waals surface area contributed by atoms with E-state index in [-0.39, 0.29) is 5.41 Å². The van der Waals surface area contributed by atoms with Crippen molar-refractivity contribution in [2.24, 2.45) is 5.41 Å². The van der Waals surface area contributed by atoms with E-state index in [4.69, 9.17) is 0 Å². The van der Waals surface area contributed by atoms with Crippen LogP contribution in [0.1, 0.15) is 32.1 Å². The van der Waals surface area contributed by atoms with Gasteiger partial charge in [-0.15, -0.1) is 6.58 Å². The average Bonchev–Trinajstić information content (AvgIpc) is 2.35. The van der Waals surface area contributed by atoms with E-state index in [9.17, 15) is 5.11 Å². The van der Waals surface area contributed by atoms with Crippen LogP contribution in [-0.4, -0.2) is 36.3 Å². The molecule has 3 heteroatoms. The standard InChI is InChI=1S/C13H25NOS/c1-2-9-16-10-8-14-11-13(12-15)6-4-3-5-7-13/h2,14-15H,1,3-12H2. The van der Waals surface area contributed by atoms with Gasteiger partial charge in [0, 0.05) is 36.6 Å². The molecule has 0 aliphatic heterocycles. The number of rotatable bonds is 8. The van der Waals surface area contributed by atoms with Crippen molar-refractivity contribution in [2.75, 3.05) is 31.2 Å². The van der Waals surface area contributed by atoms with Gasteiger partial charge in [0.05, 0.1) is 0 Å². The molecule has 0 spiro atoms. The summed E-state index contributed by atoms with van der Waals surface area (Å²) >= 11 is 1.90. The van der Waals surface area contributed by atoms with E-state index in [0.717, 1.165) is 24.6 Å². The second-order valence-corrected chi connectivity index (χ2v) is 5.91. The Morgan fingerprint density at radius 1 is 1.31 bits per heavy atom. The molecule has 0 aromatic heterocycles. The molecule has 0 aromatic rings. The predicted molar refractivity (Wildman–Crippen MR) is 73.0 cm³/mol. The third kappa shape index (κ3) is 4.89. The van der Waals surface area contributed by atoms with Crippen LogP contribution >= 0.6 is 11.8 Å². The van der Waals surface area contributed by atoms with Gasteiger partial charge in [-0.3, -0.25) is 0 Å². The Hall–Kier alpha value is 0.01000. The lowest BCUT2D eigenvalue weighted by Gasteiger charge is -2.35. The quantitative estimate of drug-likeness (QED) is 0.507. The van der Waals surface area contributed by atoms with Crippen molar-refractivity contribution < 1.29 is 5.11 Å². The van der Waals surface area contributed by atoms with Crippen LogP contribution in [-0.2, 0) is 0 Å². The highest BCUT2D eigenvalue weighted by molar-refractivity contribution is 7.99. The van der Waals surface area contributed by atoms with E-state index in [0.29, 0.717) is 6.61 Å². The van der Waals surface area contributed by atoms with E-state index < -0.39 is 0 Å². The zero-order chi connectivity index (χ0) is 11.7. The summed E-state index contributed by atoms with van der Waals surface area (Å²) in [5.41, 5.74) is 0.182. The van der Waals surface area contributed by atoms with Crippen molar-refractivity contribution in [3.63, 3.8) is 0 Å². The Balaban J connectivity index is 2.11. The molecule has 1 aliphatic rings. The fourth-order valence-electron chi connectivity index (χ4n) is 2.36. The maximum absolute atomic E-state index is 9.52. The van der Waals surface area contributed by atoms with Gasteiger partial charge in [-0.25, -0.2) is 0 Å². The van der Waals surface area contributed by atoms with E-state index >= 15 is 0 Å². The van der Waals surface area contributed by atoms with Crippen LogP contribution in [0.4, 0.5) is 0 Å². The van der Waals surface area contributed by atoms with Crippen LogP contribution < -0.4 is 5.32 Å². The molecule has 0 amide bonds. The Bertz CT molecular complexity index is 190. The lowest BCUT2D eigenvalue weighted by Crippen LogP contribution is -2.39. The van der Waals surface area contributed by atoms with Gasteiger partial charge >= 0.3 is 0 Å². The van der Waals surface area contributed by atoms with Crippen LogP contribution in [0.5, 0.6) is 0 Å². The molecule has 0 heterocycles. The first-order chi connectivity index (χ1) is 7.83. The van der Waals surface area contributed by atoms with E-state index in [1.165, 1.54) is 32.1 Å². The van der Waals surface area contributed by atoms with Crippen molar-refractivity contribution in [3.8, 4) is 0 Å². The third-order valence-electron chi connectivity index (χ3n) is 3.41. The molecule has 0 bridgehead atoms. The summed E-state index contributed by atoms with van der Waals surface area (Å²) in [6, 6.07) is 0. The zero-order valence-corrected chi connectivity index (χ0v) is 11.0. The molecule has 1 rings (SSSR count). The predicted octanol–water partition coefficient (Wildman–Crippen LogP) is 2.44. The van der Waals surface area contributed by atoms with Gasteiger partial charge in [0.25, 0.3) is 0 Å². The molecule has 16 heavy (non-hydrogen) atoms. The third-order valence-corrected chi connectivity index (χ3v) is 4.37. The summed E-state index contributed by atoms with van der Waals surface area (Å²) in [4.78, 5) is 0. The summed E-state index contributed by atoms with van der Waals surface area (Å²) in [5.74, 6) is 2.17. The average molecular weight is 243 g/mol. The van der Waals surface area contributed by atoms with Crippen molar-refractivity contribution in [1.29, 1.82) is 0 Å². The molecule has 0 saturated heterocycles. The molecule has 0 aromatic carbocycles. The summed E-state index contributed by atoms with van der Waals surface area (Å²) in [7, 11) is 0. The first-order valence-corrected chi connectivity index (χ1v) is 7.49. The maximum Gasteiger partial charge on any atom is 0.0499 e. The first kappa shape index (κ1) is 14.1. The highest BCUT2D eigenvalue weighted by Gasteiger charge is 2.30. The monoisotopic (exact) mass is 243 g/mol. The normalized spacial score (nSPS) is 19.6. The van der Waals surface area contributed by atoms with Crippen LogP contribution in [0, 0.1) is 5.41 Å².